The van der Waals surface area contributed by atoms with Gasteiger partial charge in [0, 0.05) is 24.3 Å². The van der Waals surface area contributed by atoms with Crippen molar-refractivity contribution >= 4 is 21.6 Å². The van der Waals surface area contributed by atoms with Crippen LogP contribution in [0.3, 0.4) is 0 Å². The van der Waals surface area contributed by atoms with Gasteiger partial charge in [-0.1, -0.05) is 6.07 Å². The van der Waals surface area contributed by atoms with Gasteiger partial charge in [0.05, 0.1) is 18.1 Å². The van der Waals surface area contributed by atoms with Crippen molar-refractivity contribution in [1.82, 2.24) is 24.5 Å². The predicted octanol–water partition coefficient (Wildman–Crippen LogP) is 1.45. The summed E-state index contributed by atoms with van der Waals surface area (Å²) in [5.74, 6) is -0.577. The van der Waals surface area contributed by atoms with Crippen LogP contribution >= 0.6 is 0 Å². The number of nitrogens with one attached hydrogen (secondary N) is 1. The molecule has 1 aromatic heterocycles. The lowest BCUT2D eigenvalue weighted by Gasteiger charge is -2.26. The fourth-order valence-electron chi connectivity index (χ4n) is 3.24. The van der Waals surface area contributed by atoms with E-state index in [0.717, 1.165) is 4.80 Å². The Labute approximate surface area is 184 Å². The quantitative estimate of drug-likeness (QED) is 0.591. The lowest BCUT2D eigenvalue weighted by molar-refractivity contribution is -0.117. The van der Waals surface area contributed by atoms with E-state index in [9.17, 15) is 17.6 Å². The SMILES string of the molecule is Cc1ccc(NC(=O)Cn2nnc(-c3ccc(F)cc3)n2)cc1S(=O)(=O)N1CCOCC1. The molecule has 1 fully saturated rings. The lowest BCUT2D eigenvalue weighted by atomic mass is 10.2. The number of rotatable bonds is 6. The molecule has 4 rings (SSSR count). The zero-order valence-corrected chi connectivity index (χ0v) is 18.0. The van der Waals surface area contributed by atoms with E-state index in [1.807, 2.05) is 0 Å². The van der Waals surface area contributed by atoms with Crippen LogP contribution in [0.25, 0.3) is 11.4 Å². The van der Waals surface area contributed by atoms with E-state index in [2.05, 4.69) is 20.7 Å². The molecule has 1 aliphatic rings. The highest BCUT2D eigenvalue weighted by molar-refractivity contribution is 7.89. The fraction of sp³-hybridized carbons (Fsp3) is 0.300. The van der Waals surface area contributed by atoms with Crippen LogP contribution in [0, 0.1) is 12.7 Å². The largest absolute Gasteiger partial charge is 0.379 e. The highest BCUT2D eigenvalue weighted by Crippen LogP contribution is 2.24. The van der Waals surface area contributed by atoms with Crippen LogP contribution in [-0.4, -0.2) is 65.1 Å². The van der Waals surface area contributed by atoms with Crippen molar-refractivity contribution in [2.45, 2.75) is 18.4 Å². The molecule has 168 valence electrons. The second kappa shape index (κ2) is 9.10. The molecule has 1 amide bonds. The van der Waals surface area contributed by atoms with Gasteiger partial charge in [-0.25, -0.2) is 12.8 Å². The molecule has 0 bridgehead atoms. The number of benzene rings is 2. The number of carbonyl (C=O) groups is 1. The van der Waals surface area contributed by atoms with Crippen LogP contribution in [0.4, 0.5) is 10.1 Å². The molecule has 1 aliphatic heterocycles. The van der Waals surface area contributed by atoms with Gasteiger partial charge >= 0.3 is 0 Å². The Morgan fingerprint density at radius 1 is 1.16 bits per heavy atom. The number of anilines is 1. The number of aryl methyl sites for hydroxylation is 1. The molecule has 12 heteroatoms. The van der Waals surface area contributed by atoms with Crippen LogP contribution in [0.1, 0.15) is 5.56 Å². The van der Waals surface area contributed by atoms with E-state index >= 15 is 0 Å². The summed E-state index contributed by atoms with van der Waals surface area (Å²) in [6.45, 7) is 2.74. The van der Waals surface area contributed by atoms with Crippen molar-refractivity contribution in [3.8, 4) is 11.4 Å². The number of ether oxygens (including phenoxy) is 1. The Balaban J connectivity index is 1.46. The topological polar surface area (TPSA) is 119 Å². The maximum absolute atomic E-state index is 13.1. The van der Waals surface area contributed by atoms with Gasteiger partial charge in [-0.15, -0.1) is 10.2 Å². The summed E-state index contributed by atoms with van der Waals surface area (Å²) in [6.07, 6.45) is 0. The van der Waals surface area contributed by atoms with Gasteiger partial charge in [-0.2, -0.15) is 9.10 Å². The van der Waals surface area contributed by atoms with Crippen LogP contribution in [0.15, 0.2) is 47.4 Å². The van der Waals surface area contributed by atoms with E-state index in [4.69, 9.17) is 4.74 Å². The number of tetrazole rings is 1. The second-order valence-corrected chi connectivity index (χ2v) is 9.10. The van der Waals surface area contributed by atoms with Crippen LogP contribution in [0.2, 0.25) is 0 Å². The smallest absolute Gasteiger partial charge is 0.248 e. The van der Waals surface area contributed by atoms with E-state index in [0.29, 0.717) is 30.0 Å². The molecule has 1 N–H and O–H groups in total. The summed E-state index contributed by atoms with van der Waals surface area (Å²) in [4.78, 5) is 13.7. The summed E-state index contributed by atoms with van der Waals surface area (Å²) in [6, 6.07) is 10.3. The number of halogens is 1. The molecule has 1 saturated heterocycles. The number of hydrogen-bond donors (Lipinski definition) is 1. The van der Waals surface area contributed by atoms with Crippen molar-refractivity contribution in [1.29, 1.82) is 0 Å². The monoisotopic (exact) mass is 460 g/mol. The Hall–Kier alpha value is -3.22. The molecule has 2 aromatic carbocycles. The highest BCUT2D eigenvalue weighted by atomic mass is 32.2. The molecule has 0 spiro atoms. The minimum Gasteiger partial charge on any atom is -0.379 e. The van der Waals surface area contributed by atoms with Gasteiger partial charge in [-0.05, 0) is 54.1 Å². The predicted molar refractivity (Wildman–Crippen MR) is 113 cm³/mol. The molecule has 0 radical (unpaired) electrons. The normalized spacial score (nSPS) is 14.9. The molecular weight excluding hydrogens is 439 g/mol. The number of aromatic nitrogens is 4. The van der Waals surface area contributed by atoms with Crippen molar-refractivity contribution < 1.29 is 22.3 Å². The fourth-order valence-corrected chi connectivity index (χ4v) is 4.89. The van der Waals surface area contributed by atoms with E-state index in [1.165, 1.54) is 34.6 Å². The summed E-state index contributed by atoms with van der Waals surface area (Å²) >= 11 is 0. The average Bonchev–Trinajstić information content (AvgIpc) is 3.24. The first-order valence-electron chi connectivity index (χ1n) is 9.85. The Morgan fingerprint density at radius 2 is 1.88 bits per heavy atom. The van der Waals surface area contributed by atoms with Gasteiger partial charge in [0.15, 0.2) is 0 Å². The van der Waals surface area contributed by atoms with Crippen molar-refractivity contribution in [2.24, 2.45) is 0 Å². The Kier molecular flexibility index (Phi) is 6.26. The molecule has 0 unspecified atom stereocenters. The summed E-state index contributed by atoms with van der Waals surface area (Å²) in [7, 11) is -3.70. The molecule has 32 heavy (non-hydrogen) atoms. The third-order valence-electron chi connectivity index (χ3n) is 4.90. The maximum Gasteiger partial charge on any atom is 0.248 e. The van der Waals surface area contributed by atoms with Crippen LogP contribution in [0.5, 0.6) is 0 Å². The minimum absolute atomic E-state index is 0.134. The molecular formula is C20H21FN6O4S. The number of morpholine rings is 1. The second-order valence-electron chi connectivity index (χ2n) is 7.20. The lowest BCUT2D eigenvalue weighted by Crippen LogP contribution is -2.40. The van der Waals surface area contributed by atoms with Crippen molar-refractivity contribution in [3.05, 3.63) is 53.8 Å². The zero-order valence-electron chi connectivity index (χ0n) is 17.2. The molecule has 0 saturated carbocycles. The summed E-state index contributed by atoms with van der Waals surface area (Å²) in [5, 5.41) is 14.5. The molecule has 10 nitrogen and oxygen atoms in total. The number of amides is 1. The maximum atomic E-state index is 13.1. The molecule has 0 atom stereocenters. The summed E-state index contributed by atoms with van der Waals surface area (Å²) < 4.78 is 45.7. The molecule has 3 aromatic rings. The van der Waals surface area contributed by atoms with Gasteiger partial charge in [0.1, 0.15) is 12.4 Å². The van der Waals surface area contributed by atoms with E-state index < -0.39 is 15.9 Å². The summed E-state index contributed by atoms with van der Waals surface area (Å²) in [5.41, 5.74) is 1.48. The van der Waals surface area contributed by atoms with Crippen LogP contribution < -0.4 is 5.32 Å². The van der Waals surface area contributed by atoms with E-state index in [-0.39, 0.29) is 36.2 Å². The average molecular weight is 460 g/mol. The van der Waals surface area contributed by atoms with Gasteiger partial charge in [0.2, 0.25) is 21.8 Å². The first-order chi connectivity index (χ1) is 15.3. The third-order valence-corrected chi connectivity index (χ3v) is 6.94. The number of hydrogen-bond acceptors (Lipinski definition) is 7. The van der Waals surface area contributed by atoms with Crippen LogP contribution in [-0.2, 0) is 26.1 Å². The third kappa shape index (κ3) is 4.82. The number of nitrogens with zero attached hydrogens (tertiary/aromatic N) is 5. The Bertz CT molecular complexity index is 1220. The van der Waals surface area contributed by atoms with Crippen molar-refractivity contribution in [2.75, 3.05) is 31.6 Å². The zero-order chi connectivity index (χ0) is 22.7. The molecule has 0 aliphatic carbocycles. The Morgan fingerprint density at radius 3 is 2.59 bits per heavy atom. The van der Waals surface area contributed by atoms with E-state index in [1.54, 1.807) is 19.1 Å². The highest BCUT2D eigenvalue weighted by Gasteiger charge is 2.28. The molecule has 2 heterocycles. The first-order valence-corrected chi connectivity index (χ1v) is 11.3. The number of carbonyl (C=O) groups excluding carboxylic acids is 1. The minimum atomic E-state index is -3.70. The van der Waals surface area contributed by atoms with Gasteiger partial charge < -0.3 is 10.1 Å². The number of sulfonamides is 1. The standard InChI is InChI=1S/C20H21FN6O4S/c1-14-2-7-17(12-18(14)32(29,30)26-8-10-31-11-9-26)22-19(28)13-27-24-20(23-25-27)15-3-5-16(21)6-4-15/h2-7,12H,8-11,13H2,1H3,(H,22,28). The van der Waals surface area contributed by atoms with Crippen molar-refractivity contribution in [3.63, 3.8) is 0 Å². The van der Waals surface area contributed by atoms with Gasteiger partial charge in [-0.3, -0.25) is 4.79 Å². The first kappa shape index (κ1) is 22.0. The van der Waals surface area contributed by atoms with Gasteiger partial charge in [0.25, 0.3) is 0 Å².